The van der Waals surface area contributed by atoms with Gasteiger partial charge in [0.1, 0.15) is 0 Å². The molecule has 18 heavy (non-hydrogen) atoms. The van der Waals surface area contributed by atoms with E-state index in [1.807, 2.05) is 13.8 Å². The van der Waals surface area contributed by atoms with Crippen molar-refractivity contribution in [2.24, 2.45) is 5.92 Å². The van der Waals surface area contributed by atoms with E-state index in [0.29, 0.717) is 23.2 Å². The molecular weight excluding hydrogens is 256 g/mol. The van der Waals surface area contributed by atoms with Crippen molar-refractivity contribution in [3.8, 4) is 0 Å². The van der Waals surface area contributed by atoms with Crippen molar-refractivity contribution in [3.05, 3.63) is 33.3 Å². The molecule has 1 atom stereocenters. The minimum absolute atomic E-state index is 0.0156. The molecule has 5 nitrogen and oxygen atoms in total. The van der Waals surface area contributed by atoms with E-state index in [1.54, 1.807) is 7.11 Å². The van der Waals surface area contributed by atoms with Gasteiger partial charge in [-0.1, -0.05) is 25.4 Å². The Morgan fingerprint density at radius 1 is 1.50 bits per heavy atom. The van der Waals surface area contributed by atoms with Gasteiger partial charge >= 0.3 is 0 Å². The van der Waals surface area contributed by atoms with Crippen LogP contribution in [0.3, 0.4) is 0 Å². The van der Waals surface area contributed by atoms with Crippen LogP contribution >= 0.6 is 11.6 Å². The lowest BCUT2D eigenvalue weighted by Crippen LogP contribution is -2.30. The van der Waals surface area contributed by atoms with Crippen molar-refractivity contribution < 1.29 is 9.66 Å². The van der Waals surface area contributed by atoms with Crippen LogP contribution in [0.1, 0.15) is 13.8 Å². The third-order valence-corrected chi connectivity index (χ3v) is 2.98. The van der Waals surface area contributed by atoms with Crippen LogP contribution < -0.4 is 5.32 Å². The standard InChI is InChI=1S/C12H17ClN2O3/c1-8(2)12(7-18-3)14-11-6-9(15(16)17)4-5-10(11)13/h4-6,8,12,14H,7H2,1-3H3. The smallest absolute Gasteiger partial charge is 0.271 e. The second kappa shape index (κ2) is 6.56. The lowest BCUT2D eigenvalue weighted by Gasteiger charge is -2.23. The van der Waals surface area contributed by atoms with Gasteiger partial charge in [-0.25, -0.2) is 0 Å². The SMILES string of the molecule is COCC(Nc1cc([N+](=O)[O-])ccc1Cl)C(C)C. The first-order chi connectivity index (χ1) is 8.45. The first kappa shape index (κ1) is 14.7. The summed E-state index contributed by atoms with van der Waals surface area (Å²) < 4.78 is 5.12. The third-order valence-electron chi connectivity index (χ3n) is 2.65. The summed E-state index contributed by atoms with van der Waals surface area (Å²) in [4.78, 5) is 10.3. The largest absolute Gasteiger partial charge is 0.383 e. The minimum Gasteiger partial charge on any atom is -0.383 e. The molecule has 0 aliphatic heterocycles. The molecule has 0 saturated carbocycles. The van der Waals surface area contributed by atoms with Gasteiger partial charge in [-0.2, -0.15) is 0 Å². The Hall–Kier alpha value is -1.33. The Morgan fingerprint density at radius 3 is 2.67 bits per heavy atom. The van der Waals surface area contributed by atoms with Crippen molar-refractivity contribution in [3.63, 3.8) is 0 Å². The molecule has 0 fully saturated rings. The number of hydrogen-bond acceptors (Lipinski definition) is 4. The Labute approximate surface area is 111 Å². The fraction of sp³-hybridized carbons (Fsp3) is 0.500. The maximum Gasteiger partial charge on any atom is 0.271 e. The lowest BCUT2D eigenvalue weighted by molar-refractivity contribution is -0.384. The Bertz CT molecular complexity index is 424. The summed E-state index contributed by atoms with van der Waals surface area (Å²) in [6, 6.07) is 4.39. The summed E-state index contributed by atoms with van der Waals surface area (Å²) in [5, 5.41) is 14.4. The molecule has 1 aromatic carbocycles. The fourth-order valence-corrected chi connectivity index (χ4v) is 1.69. The number of nitrogens with zero attached hydrogens (tertiary/aromatic N) is 1. The van der Waals surface area contributed by atoms with Crippen molar-refractivity contribution in [1.29, 1.82) is 0 Å². The minimum atomic E-state index is -0.442. The van der Waals surface area contributed by atoms with E-state index in [9.17, 15) is 10.1 Å². The summed E-state index contributed by atoms with van der Waals surface area (Å²) in [5.74, 6) is 0.320. The molecule has 0 saturated heterocycles. The number of non-ortho nitro benzene ring substituents is 1. The molecule has 0 heterocycles. The number of nitrogens with one attached hydrogen (secondary N) is 1. The number of hydrogen-bond donors (Lipinski definition) is 1. The molecule has 0 spiro atoms. The van der Waals surface area contributed by atoms with Gasteiger partial charge in [0.25, 0.3) is 5.69 Å². The van der Waals surface area contributed by atoms with Crippen LogP contribution in [0.5, 0.6) is 0 Å². The fourth-order valence-electron chi connectivity index (χ4n) is 1.52. The summed E-state index contributed by atoms with van der Waals surface area (Å²) in [6.45, 7) is 4.60. The van der Waals surface area contributed by atoms with Crippen molar-refractivity contribution in [1.82, 2.24) is 0 Å². The number of methoxy groups -OCH3 is 1. The number of rotatable bonds is 6. The first-order valence-corrected chi connectivity index (χ1v) is 6.03. The van der Waals surface area contributed by atoms with Gasteiger partial charge in [0, 0.05) is 19.2 Å². The number of benzene rings is 1. The average molecular weight is 273 g/mol. The van der Waals surface area contributed by atoms with E-state index in [1.165, 1.54) is 18.2 Å². The second-order valence-electron chi connectivity index (χ2n) is 4.37. The molecule has 1 N–H and O–H groups in total. The van der Waals surface area contributed by atoms with Gasteiger partial charge in [-0.05, 0) is 12.0 Å². The van der Waals surface area contributed by atoms with Gasteiger partial charge in [0.15, 0.2) is 0 Å². The zero-order chi connectivity index (χ0) is 13.7. The van der Waals surface area contributed by atoms with Gasteiger partial charge < -0.3 is 10.1 Å². The normalized spacial score (nSPS) is 12.5. The lowest BCUT2D eigenvalue weighted by atomic mass is 10.0. The highest BCUT2D eigenvalue weighted by molar-refractivity contribution is 6.33. The summed E-state index contributed by atoms with van der Waals surface area (Å²) in [7, 11) is 1.62. The van der Waals surface area contributed by atoms with Crippen molar-refractivity contribution >= 4 is 23.0 Å². The molecular formula is C12H17ClN2O3. The monoisotopic (exact) mass is 272 g/mol. The molecule has 6 heteroatoms. The number of ether oxygens (including phenoxy) is 1. The Kier molecular flexibility index (Phi) is 5.37. The predicted molar refractivity (Wildman–Crippen MR) is 72.2 cm³/mol. The summed E-state index contributed by atoms with van der Waals surface area (Å²) in [6.07, 6.45) is 0. The van der Waals surface area contributed by atoms with E-state index < -0.39 is 4.92 Å². The number of halogens is 1. The van der Waals surface area contributed by atoms with Crippen LogP contribution in [-0.4, -0.2) is 24.7 Å². The third kappa shape index (κ3) is 3.85. The molecule has 1 rings (SSSR count). The maximum atomic E-state index is 10.7. The molecule has 1 unspecified atom stereocenters. The zero-order valence-electron chi connectivity index (χ0n) is 10.6. The van der Waals surface area contributed by atoms with E-state index in [4.69, 9.17) is 16.3 Å². The van der Waals surface area contributed by atoms with Crippen LogP contribution in [0.25, 0.3) is 0 Å². The highest BCUT2D eigenvalue weighted by Crippen LogP contribution is 2.28. The Morgan fingerprint density at radius 2 is 2.17 bits per heavy atom. The highest BCUT2D eigenvalue weighted by Gasteiger charge is 2.16. The number of nitro groups is 1. The van der Waals surface area contributed by atoms with Gasteiger partial charge in [-0.15, -0.1) is 0 Å². The van der Waals surface area contributed by atoms with Gasteiger partial charge in [-0.3, -0.25) is 10.1 Å². The van der Waals surface area contributed by atoms with Gasteiger partial charge in [0.2, 0.25) is 0 Å². The maximum absolute atomic E-state index is 10.7. The number of anilines is 1. The van der Waals surface area contributed by atoms with Crippen LogP contribution in [0, 0.1) is 16.0 Å². The van der Waals surface area contributed by atoms with Crippen molar-refractivity contribution in [2.75, 3.05) is 19.0 Å². The zero-order valence-corrected chi connectivity index (χ0v) is 11.4. The quantitative estimate of drug-likeness (QED) is 0.637. The van der Waals surface area contributed by atoms with Crippen LogP contribution in [0.15, 0.2) is 18.2 Å². The van der Waals surface area contributed by atoms with E-state index >= 15 is 0 Å². The van der Waals surface area contributed by atoms with Crippen molar-refractivity contribution in [2.45, 2.75) is 19.9 Å². The van der Waals surface area contributed by atoms with E-state index in [2.05, 4.69) is 5.32 Å². The Balaban J connectivity index is 2.93. The molecule has 1 aromatic rings. The predicted octanol–water partition coefficient (Wildman–Crippen LogP) is 3.33. The second-order valence-corrected chi connectivity index (χ2v) is 4.78. The average Bonchev–Trinajstić information content (AvgIpc) is 2.30. The summed E-state index contributed by atoms with van der Waals surface area (Å²) >= 11 is 6.02. The number of nitro benzene ring substituents is 1. The molecule has 0 amide bonds. The molecule has 0 bridgehead atoms. The first-order valence-electron chi connectivity index (χ1n) is 5.65. The molecule has 0 aromatic heterocycles. The van der Waals surface area contributed by atoms with Gasteiger partial charge in [0.05, 0.1) is 28.3 Å². The highest BCUT2D eigenvalue weighted by atomic mass is 35.5. The summed E-state index contributed by atoms with van der Waals surface area (Å²) in [5.41, 5.74) is 0.573. The molecule has 0 aliphatic carbocycles. The molecule has 0 radical (unpaired) electrons. The van der Waals surface area contributed by atoms with E-state index in [0.717, 1.165) is 0 Å². The van der Waals surface area contributed by atoms with Crippen LogP contribution in [-0.2, 0) is 4.74 Å². The topological polar surface area (TPSA) is 64.4 Å². The molecule has 0 aliphatic rings. The van der Waals surface area contributed by atoms with E-state index in [-0.39, 0.29) is 11.7 Å². The van der Waals surface area contributed by atoms with Crippen LogP contribution in [0.4, 0.5) is 11.4 Å². The van der Waals surface area contributed by atoms with Crippen LogP contribution in [0.2, 0.25) is 5.02 Å². The molecule has 100 valence electrons.